The van der Waals surface area contributed by atoms with E-state index in [0.29, 0.717) is 11.8 Å². The van der Waals surface area contributed by atoms with E-state index in [1.54, 1.807) is 12.1 Å². The maximum atomic E-state index is 9.21. The summed E-state index contributed by atoms with van der Waals surface area (Å²) in [5, 5.41) is 14.9. The average Bonchev–Trinajstić information content (AvgIpc) is 2.78. The zero-order valence-electron chi connectivity index (χ0n) is 10.8. The van der Waals surface area contributed by atoms with E-state index in [1.807, 2.05) is 23.5 Å². The van der Waals surface area contributed by atoms with Crippen LogP contribution in [0.3, 0.4) is 0 Å². The topological polar surface area (TPSA) is 32.3 Å². The van der Waals surface area contributed by atoms with Gasteiger partial charge in [0, 0.05) is 10.9 Å². The Bertz CT molecular complexity index is 489. The first-order valence-corrected chi connectivity index (χ1v) is 7.10. The van der Waals surface area contributed by atoms with Crippen LogP contribution in [0.4, 0.5) is 0 Å². The molecular formula is C15H19NOS. The van der Waals surface area contributed by atoms with Gasteiger partial charge in [-0.3, -0.25) is 0 Å². The number of phenolic OH excluding ortho intramolecular Hbond substituents is 1. The van der Waals surface area contributed by atoms with Gasteiger partial charge < -0.3 is 10.4 Å². The Labute approximate surface area is 112 Å². The zero-order valence-corrected chi connectivity index (χ0v) is 11.6. The molecule has 0 bridgehead atoms. The summed E-state index contributed by atoms with van der Waals surface area (Å²) in [5.74, 6) is 0.328. The fourth-order valence-corrected chi connectivity index (χ4v) is 2.98. The SMILES string of the molecule is Cc1ccsc1C(C)NCCc1ccc(O)cc1. The minimum Gasteiger partial charge on any atom is -0.508 e. The lowest BCUT2D eigenvalue weighted by molar-refractivity contribution is 0.475. The van der Waals surface area contributed by atoms with Gasteiger partial charge in [0.2, 0.25) is 0 Å². The van der Waals surface area contributed by atoms with Crippen LogP contribution in [-0.4, -0.2) is 11.7 Å². The second-order valence-corrected chi connectivity index (χ2v) is 5.51. The molecule has 0 radical (unpaired) electrons. The Balaban J connectivity index is 1.82. The van der Waals surface area contributed by atoms with Gasteiger partial charge in [-0.25, -0.2) is 0 Å². The number of thiophene rings is 1. The summed E-state index contributed by atoms with van der Waals surface area (Å²) >= 11 is 1.81. The van der Waals surface area contributed by atoms with Crippen LogP contribution in [0, 0.1) is 6.92 Å². The maximum absolute atomic E-state index is 9.21. The van der Waals surface area contributed by atoms with E-state index in [9.17, 15) is 5.11 Å². The monoisotopic (exact) mass is 261 g/mol. The van der Waals surface area contributed by atoms with Crippen LogP contribution >= 0.6 is 11.3 Å². The molecule has 2 rings (SSSR count). The molecule has 18 heavy (non-hydrogen) atoms. The molecule has 0 saturated heterocycles. The molecule has 0 aliphatic heterocycles. The van der Waals surface area contributed by atoms with Gasteiger partial charge >= 0.3 is 0 Å². The predicted molar refractivity (Wildman–Crippen MR) is 77.3 cm³/mol. The van der Waals surface area contributed by atoms with Crippen molar-refractivity contribution < 1.29 is 5.11 Å². The Morgan fingerprint density at radius 1 is 1.22 bits per heavy atom. The summed E-state index contributed by atoms with van der Waals surface area (Å²) in [6.45, 7) is 5.31. The molecule has 1 atom stereocenters. The Kier molecular flexibility index (Phi) is 4.39. The summed E-state index contributed by atoms with van der Waals surface area (Å²) in [6.07, 6.45) is 0.981. The third kappa shape index (κ3) is 3.34. The molecule has 2 N–H and O–H groups in total. The van der Waals surface area contributed by atoms with Gasteiger partial charge in [0.25, 0.3) is 0 Å². The molecular weight excluding hydrogens is 242 g/mol. The van der Waals surface area contributed by atoms with Gasteiger partial charge in [0.15, 0.2) is 0 Å². The van der Waals surface area contributed by atoms with Crippen molar-refractivity contribution in [2.75, 3.05) is 6.54 Å². The van der Waals surface area contributed by atoms with Crippen LogP contribution in [0.25, 0.3) is 0 Å². The smallest absolute Gasteiger partial charge is 0.115 e. The second-order valence-electron chi connectivity index (χ2n) is 4.56. The number of hydrogen-bond donors (Lipinski definition) is 2. The third-order valence-corrected chi connectivity index (χ3v) is 4.30. The quantitative estimate of drug-likeness (QED) is 0.861. The highest BCUT2D eigenvalue weighted by atomic mass is 32.1. The summed E-state index contributed by atoms with van der Waals surface area (Å²) in [5.41, 5.74) is 2.61. The Hall–Kier alpha value is -1.32. The van der Waals surface area contributed by atoms with Gasteiger partial charge in [-0.2, -0.15) is 0 Å². The zero-order chi connectivity index (χ0) is 13.0. The van der Waals surface area contributed by atoms with Crippen molar-refractivity contribution in [2.24, 2.45) is 0 Å². The lowest BCUT2D eigenvalue weighted by Gasteiger charge is -2.13. The van der Waals surface area contributed by atoms with E-state index in [1.165, 1.54) is 16.0 Å². The van der Waals surface area contributed by atoms with Crippen molar-refractivity contribution >= 4 is 11.3 Å². The van der Waals surface area contributed by atoms with Crippen LogP contribution in [0.2, 0.25) is 0 Å². The van der Waals surface area contributed by atoms with E-state index >= 15 is 0 Å². The van der Waals surface area contributed by atoms with Crippen molar-refractivity contribution in [1.82, 2.24) is 5.32 Å². The molecule has 1 aromatic heterocycles. The third-order valence-electron chi connectivity index (χ3n) is 3.10. The number of phenols is 1. The van der Waals surface area contributed by atoms with Gasteiger partial charge in [0.05, 0.1) is 0 Å². The van der Waals surface area contributed by atoms with Crippen LogP contribution in [0.5, 0.6) is 5.75 Å². The Morgan fingerprint density at radius 3 is 2.56 bits per heavy atom. The van der Waals surface area contributed by atoms with Crippen molar-refractivity contribution in [1.29, 1.82) is 0 Å². The number of aromatic hydroxyl groups is 1. The lowest BCUT2D eigenvalue weighted by atomic mass is 10.1. The van der Waals surface area contributed by atoms with Crippen molar-refractivity contribution in [2.45, 2.75) is 26.3 Å². The number of aryl methyl sites for hydroxylation is 1. The first kappa shape index (κ1) is 13.1. The highest BCUT2D eigenvalue weighted by Crippen LogP contribution is 2.23. The first-order valence-electron chi connectivity index (χ1n) is 6.22. The maximum Gasteiger partial charge on any atom is 0.115 e. The molecule has 1 heterocycles. The minimum atomic E-state index is 0.328. The molecule has 0 saturated carbocycles. The van der Waals surface area contributed by atoms with Crippen LogP contribution < -0.4 is 5.32 Å². The largest absolute Gasteiger partial charge is 0.508 e. The molecule has 0 aliphatic carbocycles. The lowest BCUT2D eigenvalue weighted by Crippen LogP contribution is -2.21. The normalized spacial score (nSPS) is 12.6. The molecule has 0 fully saturated rings. The van der Waals surface area contributed by atoms with Gasteiger partial charge in [-0.15, -0.1) is 11.3 Å². The molecule has 96 valence electrons. The van der Waals surface area contributed by atoms with E-state index in [0.717, 1.165) is 13.0 Å². The number of rotatable bonds is 5. The summed E-state index contributed by atoms with van der Waals surface area (Å²) in [6, 6.07) is 9.99. The number of nitrogens with one attached hydrogen (secondary N) is 1. The first-order chi connectivity index (χ1) is 8.66. The predicted octanol–water partition coefficient (Wildman–Crippen LogP) is 3.66. The number of hydrogen-bond acceptors (Lipinski definition) is 3. The van der Waals surface area contributed by atoms with Gasteiger partial charge in [-0.05, 0) is 61.5 Å². The van der Waals surface area contributed by atoms with Crippen molar-refractivity contribution in [3.05, 3.63) is 51.7 Å². The van der Waals surface area contributed by atoms with Gasteiger partial charge in [-0.1, -0.05) is 12.1 Å². The fourth-order valence-electron chi connectivity index (χ4n) is 2.02. The summed E-state index contributed by atoms with van der Waals surface area (Å²) in [4.78, 5) is 1.42. The second kappa shape index (κ2) is 6.03. The summed E-state index contributed by atoms with van der Waals surface area (Å²) < 4.78 is 0. The average molecular weight is 261 g/mol. The van der Waals surface area contributed by atoms with Crippen LogP contribution in [-0.2, 0) is 6.42 Å². The molecule has 2 aromatic rings. The highest BCUT2D eigenvalue weighted by molar-refractivity contribution is 7.10. The molecule has 1 aromatic carbocycles. The standard InChI is InChI=1S/C15H19NOS/c1-11-8-10-18-15(11)12(2)16-9-7-13-3-5-14(17)6-4-13/h3-6,8,10,12,16-17H,7,9H2,1-2H3. The molecule has 0 spiro atoms. The van der Waals surface area contributed by atoms with E-state index in [-0.39, 0.29) is 0 Å². The molecule has 3 heteroatoms. The molecule has 1 unspecified atom stereocenters. The van der Waals surface area contributed by atoms with E-state index in [2.05, 4.69) is 30.6 Å². The fraction of sp³-hybridized carbons (Fsp3) is 0.333. The van der Waals surface area contributed by atoms with Crippen molar-refractivity contribution in [3.63, 3.8) is 0 Å². The highest BCUT2D eigenvalue weighted by Gasteiger charge is 2.08. The molecule has 0 amide bonds. The molecule has 0 aliphatic rings. The van der Waals surface area contributed by atoms with Gasteiger partial charge in [0.1, 0.15) is 5.75 Å². The number of benzene rings is 1. The summed E-state index contributed by atoms with van der Waals surface area (Å²) in [7, 11) is 0. The van der Waals surface area contributed by atoms with Crippen LogP contribution in [0.1, 0.15) is 29.0 Å². The minimum absolute atomic E-state index is 0.328. The van der Waals surface area contributed by atoms with E-state index in [4.69, 9.17) is 0 Å². The Morgan fingerprint density at radius 2 is 1.94 bits per heavy atom. The molecule has 2 nitrogen and oxygen atoms in total. The van der Waals surface area contributed by atoms with Crippen molar-refractivity contribution in [3.8, 4) is 5.75 Å². The van der Waals surface area contributed by atoms with E-state index < -0.39 is 0 Å². The van der Waals surface area contributed by atoms with Crippen LogP contribution in [0.15, 0.2) is 35.7 Å².